The molecule has 3 heteroatoms. The summed E-state index contributed by atoms with van der Waals surface area (Å²) in [6.07, 6.45) is 13.2. The summed E-state index contributed by atoms with van der Waals surface area (Å²) in [5.41, 5.74) is 13.5. The van der Waals surface area contributed by atoms with E-state index >= 15 is 0 Å². The van der Waals surface area contributed by atoms with Crippen LogP contribution < -0.4 is 0 Å². The molecule has 0 saturated carbocycles. The maximum absolute atomic E-state index is 2.56. The van der Waals surface area contributed by atoms with Crippen LogP contribution in [0, 0.1) is 0 Å². The van der Waals surface area contributed by atoms with Gasteiger partial charge in [0.25, 0.3) is 0 Å². The molecular formula is C24H32Cl2Ti. The third kappa shape index (κ3) is 3.07. The van der Waals surface area contributed by atoms with Gasteiger partial charge in [-0.05, 0) is 0 Å². The largest absolute Gasteiger partial charge is 0.147 e. The summed E-state index contributed by atoms with van der Waals surface area (Å²) in [5, 5.41) is 0. The quantitative estimate of drug-likeness (QED) is 0.380. The van der Waals surface area contributed by atoms with Crippen LogP contribution in [0.2, 0.25) is 9.45 Å². The summed E-state index contributed by atoms with van der Waals surface area (Å²) in [4.78, 5) is 0. The zero-order valence-corrected chi connectivity index (χ0v) is 20.3. The zero-order chi connectivity index (χ0) is 17.3. The molecule has 0 aromatic rings. The summed E-state index contributed by atoms with van der Waals surface area (Å²) >= 11 is -2.06. The molecule has 146 valence electrons. The molecular weight excluding hydrogens is 407 g/mol. The van der Waals surface area contributed by atoms with E-state index in [2.05, 4.69) is 39.8 Å². The molecule has 0 aromatic heterocycles. The number of fused-ring (bicyclic) bond motifs is 2. The molecule has 0 amide bonds. The van der Waals surface area contributed by atoms with Crippen LogP contribution in [-0.4, -0.2) is 0 Å². The number of hydrogen-bond donors (Lipinski definition) is 0. The Kier molecular flexibility index (Phi) is 5.98. The Morgan fingerprint density at radius 1 is 0.630 bits per heavy atom. The van der Waals surface area contributed by atoms with E-state index in [0.29, 0.717) is 0 Å². The summed E-state index contributed by atoms with van der Waals surface area (Å²) in [6, 6.07) is 0. The number of hydrogen-bond acceptors (Lipinski definition) is 0. The molecule has 0 spiro atoms. The van der Waals surface area contributed by atoms with E-state index in [0.717, 1.165) is 0 Å². The Morgan fingerprint density at radius 2 is 1.04 bits per heavy atom. The predicted octanol–water partition coefficient (Wildman–Crippen LogP) is 8.26. The number of rotatable bonds is 2. The Bertz CT molecular complexity index is 815. The van der Waals surface area contributed by atoms with Crippen molar-refractivity contribution in [2.45, 2.75) is 75.7 Å². The van der Waals surface area contributed by atoms with Gasteiger partial charge >= 0.3 is 157 Å². The second kappa shape index (κ2) is 7.53. The smallest absolute Gasteiger partial charge is 0.147 e. The van der Waals surface area contributed by atoms with Crippen molar-refractivity contribution >= 4 is 24.8 Å². The van der Waals surface area contributed by atoms with Crippen molar-refractivity contribution in [1.82, 2.24) is 0 Å². The van der Waals surface area contributed by atoms with Crippen molar-refractivity contribution in [1.29, 1.82) is 0 Å². The Hall–Kier alpha value is -0.266. The van der Waals surface area contributed by atoms with E-state index in [1.165, 1.54) is 38.5 Å². The van der Waals surface area contributed by atoms with Crippen molar-refractivity contribution in [2.24, 2.45) is 0 Å². The van der Waals surface area contributed by atoms with Crippen molar-refractivity contribution in [3.8, 4) is 0 Å². The molecule has 1 fully saturated rings. The Balaban J connectivity index is 0.00000105. The van der Waals surface area contributed by atoms with Gasteiger partial charge in [0.2, 0.25) is 0 Å². The van der Waals surface area contributed by atoms with Crippen molar-refractivity contribution in [2.75, 3.05) is 0 Å². The van der Waals surface area contributed by atoms with Gasteiger partial charge in [-0.1, -0.05) is 0 Å². The Labute approximate surface area is 180 Å². The summed E-state index contributed by atoms with van der Waals surface area (Å²) in [5.74, 6) is 0. The molecule has 0 radical (unpaired) electrons. The predicted molar refractivity (Wildman–Crippen MR) is 119 cm³/mol. The van der Waals surface area contributed by atoms with Crippen LogP contribution in [-0.2, 0) is 16.6 Å². The van der Waals surface area contributed by atoms with Gasteiger partial charge in [-0.2, -0.15) is 0 Å². The first kappa shape index (κ1) is 21.4. The minimum atomic E-state index is -2.06. The zero-order valence-electron chi connectivity index (χ0n) is 17.1. The molecule has 0 nitrogen and oxygen atoms in total. The van der Waals surface area contributed by atoms with Crippen LogP contribution in [0.1, 0.15) is 66.2 Å². The van der Waals surface area contributed by atoms with Crippen LogP contribution >= 0.6 is 24.8 Å². The summed E-state index contributed by atoms with van der Waals surface area (Å²) < 4.78 is 6.95. The molecule has 5 aliphatic rings. The van der Waals surface area contributed by atoms with Gasteiger partial charge in [0.1, 0.15) is 0 Å². The van der Waals surface area contributed by atoms with Gasteiger partial charge in [-0.3, -0.25) is 0 Å². The van der Waals surface area contributed by atoms with E-state index in [-0.39, 0.29) is 24.8 Å². The molecule has 5 rings (SSSR count). The first-order valence-electron chi connectivity index (χ1n) is 10.3. The van der Waals surface area contributed by atoms with Crippen LogP contribution in [0.15, 0.2) is 64.5 Å². The van der Waals surface area contributed by atoms with E-state index in [4.69, 9.17) is 0 Å². The SMILES string of the molecule is CC1=CC2=C(C)CCCC2=[C]1[Ti]1([C]2=C3CCCC(C)=C3C=C2C)[CH2][CH2]1.Cl.Cl. The van der Waals surface area contributed by atoms with Gasteiger partial charge in [0, 0.05) is 0 Å². The third-order valence-electron chi connectivity index (χ3n) is 7.35. The van der Waals surface area contributed by atoms with E-state index in [1.54, 1.807) is 54.0 Å². The molecule has 0 N–H and O–H groups in total. The second-order valence-electron chi connectivity index (χ2n) is 9.04. The molecule has 4 aliphatic carbocycles. The Morgan fingerprint density at radius 3 is 1.41 bits per heavy atom. The molecule has 0 bridgehead atoms. The first-order chi connectivity index (χ1) is 12.0. The third-order valence-corrected chi connectivity index (χ3v) is 14.9. The molecule has 1 heterocycles. The summed E-state index contributed by atoms with van der Waals surface area (Å²) in [6.45, 7) is 9.60. The molecule has 0 atom stereocenters. The van der Waals surface area contributed by atoms with Crippen LogP contribution in [0.3, 0.4) is 0 Å². The maximum Gasteiger partial charge on any atom is -0.147 e. The van der Waals surface area contributed by atoms with E-state index in [9.17, 15) is 0 Å². The van der Waals surface area contributed by atoms with E-state index < -0.39 is 16.6 Å². The fourth-order valence-corrected chi connectivity index (χ4v) is 15.3. The molecule has 1 aliphatic heterocycles. The number of allylic oxidation sites excluding steroid dienone is 12. The fourth-order valence-electron chi connectivity index (χ4n) is 6.19. The molecule has 0 aromatic carbocycles. The van der Waals surface area contributed by atoms with Crippen LogP contribution in [0.25, 0.3) is 0 Å². The second-order valence-corrected chi connectivity index (χ2v) is 15.5. The minimum Gasteiger partial charge on any atom is -0.147 e. The van der Waals surface area contributed by atoms with Crippen LogP contribution in [0.5, 0.6) is 0 Å². The van der Waals surface area contributed by atoms with Gasteiger partial charge in [-0.15, -0.1) is 24.8 Å². The van der Waals surface area contributed by atoms with Crippen molar-refractivity contribution < 1.29 is 16.6 Å². The first-order valence-corrected chi connectivity index (χ1v) is 14.0. The fraction of sp³-hybridized carbons (Fsp3) is 0.500. The molecule has 27 heavy (non-hydrogen) atoms. The van der Waals surface area contributed by atoms with E-state index in [1.807, 2.05) is 7.76 Å². The average Bonchev–Trinajstić information content (AvgIpc) is 3.15. The molecule has 1 saturated heterocycles. The monoisotopic (exact) mass is 438 g/mol. The van der Waals surface area contributed by atoms with Gasteiger partial charge in [0.05, 0.1) is 0 Å². The van der Waals surface area contributed by atoms with Gasteiger partial charge < -0.3 is 0 Å². The van der Waals surface area contributed by atoms with Gasteiger partial charge in [-0.25, -0.2) is 0 Å². The molecule has 0 unspecified atom stereocenters. The maximum atomic E-state index is 2.56. The standard InChI is InChI=1S/2C11H13.C2H4.2ClH.Ti/c2*1-8-6-10-5-3-4-9(2)11(10)7-8;1-2;;;/h2*7H,3-5H2,1-2H3;1-2H2;2*1H;. The van der Waals surface area contributed by atoms with Crippen molar-refractivity contribution in [3.63, 3.8) is 0 Å². The topological polar surface area (TPSA) is 0 Å². The summed E-state index contributed by atoms with van der Waals surface area (Å²) in [7, 11) is 0. The normalized spacial score (nSPS) is 25.6. The van der Waals surface area contributed by atoms with Crippen LogP contribution in [0.4, 0.5) is 0 Å². The number of halogens is 2. The van der Waals surface area contributed by atoms with Gasteiger partial charge in [0.15, 0.2) is 0 Å². The van der Waals surface area contributed by atoms with Crippen molar-refractivity contribution in [3.05, 3.63) is 64.5 Å². The minimum absolute atomic E-state index is 0. The average molecular weight is 439 g/mol.